The Morgan fingerprint density at radius 2 is 0.567 bits per heavy atom. The monoisotopic (exact) mass is 2080 g/mol. The fraction of sp³-hybridized carbons (Fsp3) is 0.167. The van der Waals surface area contributed by atoms with Crippen LogP contribution in [-0.2, 0) is 12.4 Å². The van der Waals surface area contributed by atoms with Crippen LogP contribution in [0.2, 0.25) is 0 Å². The molecule has 0 radical (unpaired) electrons. The number of hydrogen-bond donors (Lipinski definition) is 10. The molecule has 0 fully saturated rings. The first-order valence-electron chi connectivity index (χ1n) is 40.6. The van der Waals surface area contributed by atoms with E-state index in [9.17, 15) is 64.7 Å². The third kappa shape index (κ3) is 26.9. The van der Waals surface area contributed by atoms with Gasteiger partial charge in [-0.15, -0.1) is 0 Å². The van der Waals surface area contributed by atoms with Crippen LogP contribution in [-0.4, -0.2) is 179 Å². The molecular formula is C96H86Br4F6N20O8. The molecular weight excluding hydrogens is 1990 g/mol. The normalized spacial score (nSPS) is 12.0. The second-order valence-electron chi connectivity index (χ2n) is 30.6. The molecule has 8 amide bonds. The average Bonchev–Trinajstić information content (AvgIpc) is 1.02. The van der Waals surface area contributed by atoms with E-state index in [1.54, 1.807) is 178 Å². The van der Waals surface area contributed by atoms with Gasteiger partial charge in [-0.3, -0.25) is 59.2 Å². The van der Waals surface area contributed by atoms with Crippen LogP contribution in [0.5, 0.6) is 0 Å². The zero-order valence-electron chi connectivity index (χ0n) is 73.3. The Labute approximate surface area is 800 Å². The molecule has 2 aliphatic rings. The summed E-state index contributed by atoms with van der Waals surface area (Å²) in [5.74, 6) is -0.814. The van der Waals surface area contributed by atoms with Crippen LogP contribution >= 0.6 is 63.7 Å². The molecule has 8 aromatic carbocycles. The number of pyridine rings is 4. The number of hydrogen-bond acceptors (Lipinski definition) is 18. The van der Waals surface area contributed by atoms with Gasteiger partial charge in [0, 0.05) is 143 Å². The van der Waals surface area contributed by atoms with E-state index in [0.717, 1.165) is 97.9 Å². The van der Waals surface area contributed by atoms with Crippen LogP contribution in [0.4, 0.5) is 72.4 Å². The Balaban J connectivity index is 0.000000172. The summed E-state index contributed by atoms with van der Waals surface area (Å²) in [5.41, 5.74) is 6.95. The van der Waals surface area contributed by atoms with E-state index in [0.29, 0.717) is 89.8 Å². The van der Waals surface area contributed by atoms with Gasteiger partial charge in [0.25, 0.3) is 47.3 Å². The summed E-state index contributed by atoms with van der Waals surface area (Å²) in [5, 5.41) is 37.2. The molecule has 28 nitrogen and oxygen atoms in total. The minimum Gasteiger partial charge on any atom is -0.363 e. The highest BCUT2D eigenvalue weighted by Gasteiger charge is 2.35. The highest BCUT2D eigenvalue weighted by atomic mass is 79.9. The third-order valence-electron chi connectivity index (χ3n) is 20.5. The minimum atomic E-state index is -4.68. The van der Waals surface area contributed by atoms with Crippen LogP contribution in [0, 0.1) is 38.5 Å². The van der Waals surface area contributed by atoms with Crippen molar-refractivity contribution in [1.29, 1.82) is 10.8 Å². The SMILES string of the molecule is CN(C)C(=N)c1ccc(C(=O)Nc2ccc(C(F)(F)F)cc2C(=O)Nc2ccc(Br)cn2)cc1.CN1CCN=C1c1ccc(C(=O)Nc2ccc(C(F)(F)F)cc2C(=O)Nc2ccc(Br)cn2)cc1.Cc1cc(NC(=O)c2ccc(C(=N)N(C)C)cc2)c(C(=O)Nc2ccc(Br)cn2)cc1C.Cc1cc(NC(=O)c2ccc(C3=NCCN3C)cc2)c(C(=O)Nc2ccc(Br)cn2)cc1C. The number of aryl methyl sites for hydroxylation is 4. The largest absolute Gasteiger partial charge is 0.416 e. The maximum atomic E-state index is 13.3. The molecule has 0 atom stereocenters. The number of halogens is 10. The van der Waals surface area contributed by atoms with Gasteiger partial charge in [0.05, 0.1) is 69.2 Å². The minimum absolute atomic E-state index is 0.0680. The molecule has 0 unspecified atom stereocenters. The molecule has 0 bridgehead atoms. The van der Waals surface area contributed by atoms with Crippen LogP contribution in [0.15, 0.2) is 259 Å². The van der Waals surface area contributed by atoms with Gasteiger partial charge >= 0.3 is 12.4 Å². The number of amidine groups is 4. The number of carbonyl (C=O) groups excluding carboxylic acids is 8. The Kier molecular flexibility index (Phi) is 33.3. The van der Waals surface area contributed by atoms with Crippen LogP contribution < -0.4 is 42.5 Å². The molecule has 14 rings (SSSR count). The van der Waals surface area contributed by atoms with Crippen molar-refractivity contribution in [2.24, 2.45) is 9.98 Å². The maximum absolute atomic E-state index is 13.3. The molecule has 134 heavy (non-hydrogen) atoms. The number of carbonyl (C=O) groups is 8. The summed E-state index contributed by atoms with van der Waals surface area (Å²) < 4.78 is 82.7. The highest BCUT2D eigenvalue weighted by molar-refractivity contribution is 9.11. The lowest BCUT2D eigenvalue weighted by Gasteiger charge is -2.15. The van der Waals surface area contributed by atoms with Gasteiger partial charge in [-0.25, -0.2) is 19.9 Å². The molecule has 12 aromatic rings. The van der Waals surface area contributed by atoms with E-state index in [2.05, 4.69) is 141 Å². The summed E-state index contributed by atoms with van der Waals surface area (Å²) in [6, 6.07) is 52.2. The third-order valence-corrected chi connectivity index (χ3v) is 22.3. The van der Waals surface area contributed by atoms with Crippen molar-refractivity contribution >= 4 is 180 Å². The average molecular weight is 2080 g/mol. The number of rotatable bonds is 20. The number of amides is 8. The number of alkyl halides is 6. The van der Waals surface area contributed by atoms with E-state index in [4.69, 9.17) is 10.8 Å². The van der Waals surface area contributed by atoms with Crippen molar-refractivity contribution in [3.05, 3.63) is 349 Å². The molecule has 0 spiro atoms. The Morgan fingerprint density at radius 3 is 0.806 bits per heavy atom. The predicted octanol–water partition coefficient (Wildman–Crippen LogP) is 19.8. The van der Waals surface area contributed by atoms with Crippen LogP contribution in [0.1, 0.15) is 138 Å². The molecule has 38 heteroatoms. The zero-order chi connectivity index (χ0) is 97.2. The smallest absolute Gasteiger partial charge is 0.363 e. The van der Waals surface area contributed by atoms with E-state index >= 15 is 0 Å². The number of benzene rings is 8. The van der Waals surface area contributed by atoms with Crippen molar-refractivity contribution in [2.75, 3.05) is 111 Å². The summed E-state index contributed by atoms with van der Waals surface area (Å²) in [7, 11) is 10.9. The Bertz CT molecular complexity index is 6500. The van der Waals surface area contributed by atoms with E-state index < -0.39 is 47.1 Å². The number of anilines is 8. The van der Waals surface area contributed by atoms with Gasteiger partial charge in [0.15, 0.2) is 0 Å². The maximum Gasteiger partial charge on any atom is 0.416 e. The van der Waals surface area contributed by atoms with Crippen molar-refractivity contribution in [2.45, 2.75) is 40.0 Å². The molecule has 0 aliphatic carbocycles. The van der Waals surface area contributed by atoms with E-state index in [-0.39, 0.29) is 74.7 Å². The Hall–Kier alpha value is -14.5. The molecule has 6 heterocycles. The summed E-state index contributed by atoms with van der Waals surface area (Å²) in [6.45, 7) is 10.9. The second kappa shape index (κ2) is 44.6. The van der Waals surface area contributed by atoms with Crippen molar-refractivity contribution in [1.82, 2.24) is 39.5 Å². The lowest BCUT2D eigenvalue weighted by molar-refractivity contribution is -0.138. The molecule has 0 saturated carbocycles. The molecule has 2 aliphatic heterocycles. The summed E-state index contributed by atoms with van der Waals surface area (Å²) in [6.07, 6.45) is -3.29. The van der Waals surface area contributed by atoms with Gasteiger partial charge in [-0.05, 0) is 271 Å². The quantitative estimate of drug-likeness (QED) is 0.0192. The first-order valence-corrected chi connectivity index (χ1v) is 43.8. The number of aliphatic imine (C=N–C) groups is 2. The molecule has 10 N–H and O–H groups in total. The van der Waals surface area contributed by atoms with Crippen LogP contribution in [0.3, 0.4) is 0 Å². The van der Waals surface area contributed by atoms with E-state index in [1.807, 2.05) is 64.9 Å². The predicted molar refractivity (Wildman–Crippen MR) is 521 cm³/mol. The Morgan fingerprint density at radius 1 is 0.321 bits per heavy atom. The summed E-state index contributed by atoms with van der Waals surface area (Å²) in [4.78, 5) is 136. The van der Waals surface area contributed by atoms with Crippen LogP contribution in [0.25, 0.3) is 0 Å². The number of aromatic nitrogens is 4. The van der Waals surface area contributed by atoms with Crippen molar-refractivity contribution in [3.63, 3.8) is 0 Å². The molecule has 4 aromatic heterocycles. The second-order valence-corrected chi connectivity index (χ2v) is 34.3. The first-order chi connectivity index (χ1) is 63.5. The van der Waals surface area contributed by atoms with Gasteiger partial charge in [0.1, 0.15) is 46.6 Å². The van der Waals surface area contributed by atoms with E-state index in [1.165, 1.54) is 36.7 Å². The standard InChI is InChI=1S/C25H24BrN5O2.C24H19BrF3N5O2.C24H24BrN5O2.C23H19BrF3N5O2/c1-15-12-20(25(33)30-22-9-8-19(26)14-28-22)21(13-16(15)2)29-24(32)18-6-4-17(5-7-18)23-27-10-11-31(23)3;1-33-11-10-29-21(33)14-2-4-15(5-3-14)22(34)31-19-8-6-16(24(26,27)28)12-18(19)23(35)32-20-9-7-17(25)13-30-20;1-14-11-19(24(32)29-21-10-9-18(25)13-27-21)20(12-15(14)2)28-23(31)17-7-5-16(6-8-17)22(26)30(3)4;1-32(2)20(28)13-3-5-14(6-4-13)21(33)30-18-9-7-15(23(25,26)27)11-17(18)22(34)31-19-10-8-16(24)12-29-19/h4-9,12-14H,10-11H2,1-3H3,(H,29,32)(H,28,30,33);2-9,12-13H,10-11H2,1H3,(H,31,34)(H,30,32,35);5-13,26H,1-4H3,(H,28,31)(H,27,29,32);3-12,28H,1-2H3,(H,30,33)(H,29,31,34). The fourth-order valence-electron chi connectivity index (χ4n) is 12.9. The van der Waals surface area contributed by atoms with Gasteiger partial charge in [0.2, 0.25) is 0 Å². The number of nitrogens with one attached hydrogen (secondary N) is 10. The topological polar surface area (TPSA) is 370 Å². The van der Waals surface area contributed by atoms with Gasteiger partial charge in [-0.2, -0.15) is 26.3 Å². The van der Waals surface area contributed by atoms with Gasteiger partial charge < -0.3 is 62.1 Å². The van der Waals surface area contributed by atoms with Gasteiger partial charge in [-0.1, -0.05) is 48.5 Å². The molecule has 0 saturated heterocycles. The van der Waals surface area contributed by atoms with Crippen molar-refractivity contribution in [3.8, 4) is 0 Å². The van der Waals surface area contributed by atoms with Crippen molar-refractivity contribution < 1.29 is 64.7 Å². The summed E-state index contributed by atoms with van der Waals surface area (Å²) >= 11 is 13.1. The lowest BCUT2D eigenvalue weighted by Crippen LogP contribution is -2.23. The first kappa shape index (κ1) is 100. The fourth-order valence-corrected chi connectivity index (χ4v) is 13.8. The highest BCUT2D eigenvalue weighted by Crippen LogP contribution is 2.36. The number of nitrogens with zero attached hydrogens (tertiary/aromatic N) is 10. The lowest BCUT2D eigenvalue weighted by atomic mass is 10.0. The molecule has 688 valence electrons. The zero-order valence-corrected chi connectivity index (χ0v) is 79.6. The number of likely N-dealkylation sites (N-methyl/N-ethyl adjacent to an activating group) is 2.